The molecule has 0 bridgehead atoms. The maximum absolute atomic E-state index is 6.11. The summed E-state index contributed by atoms with van der Waals surface area (Å²) in [5.41, 5.74) is 2.60. The molecule has 1 aromatic rings. The monoisotopic (exact) mass is 247 g/mol. The van der Waals surface area contributed by atoms with E-state index in [4.69, 9.17) is 4.84 Å². The van der Waals surface area contributed by atoms with E-state index in [0.29, 0.717) is 5.92 Å². The second-order valence-electron chi connectivity index (χ2n) is 6.65. The SMILES string of the molecule is CC(C)CON1C(C)(C)c2ccccc2C1(C)C. The summed E-state index contributed by atoms with van der Waals surface area (Å²) in [4.78, 5) is 6.11. The number of hydrogen-bond donors (Lipinski definition) is 0. The molecule has 0 saturated heterocycles. The Morgan fingerprint density at radius 1 is 1.00 bits per heavy atom. The van der Waals surface area contributed by atoms with Crippen LogP contribution in [0.4, 0.5) is 0 Å². The second-order valence-corrected chi connectivity index (χ2v) is 6.65. The van der Waals surface area contributed by atoms with Gasteiger partial charge in [-0.3, -0.25) is 4.84 Å². The highest BCUT2D eigenvalue weighted by Gasteiger charge is 2.50. The molecule has 0 spiro atoms. The third-order valence-electron chi connectivity index (χ3n) is 3.80. The van der Waals surface area contributed by atoms with E-state index in [-0.39, 0.29) is 11.1 Å². The van der Waals surface area contributed by atoms with Crippen molar-refractivity contribution in [3.8, 4) is 0 Å². The molecule has 18 heavy (non-hydrogen) atoms. The van der Waals surface area contributed by atoms with E-state index < -0.39 is 0 Å². The lowest BCUT2D eigenvalue weighted by Gasteiger charge is -2.39. The van der Waals surface area contributed by atoms with Gasteiger partial charge in [-0.25, -0.2) is 0 Å². The summed E-state index contributed by atoms with van der Waals surface area (Å²) in [5.74, 6) is 0.542. The van der Waals surface area contributed by atoms with Crippen LogP contribution in [0.5, 0.6) is 0 Å². The van der Waals surface area contributed by atoms with Gasteiger partial charge in [-0.1, -0.05) is 38.1 Å². The molecule has 2 heteroatoms. The Hall–Kier alpha value is -0.860. The zero-order valence-corrected chi connectivity index (χ0v) is 12.4. The quantitative estimate of drug-likeness (QED) is 0.798. The van der Waals surface area contributed by atoms with E-state index in [1.807, 2.05) is 0 Å². The van der Waals surface area contributed by atoms with E-state index >= 15 is 0 Å². The average Bonchev–Trinajstić information content (AvgIpc) is 2.42. The minimum atomic E-state index is -0.0744. The van der Waals surface area contributed by atoms with Crippen LogP contribution in [0.25, 0.3) is 0 Å². The van der Waals surface area contributed by atoms with E-state index in [9.17, 15) is 0 Å². The lowest BCUT2D eigenvalue weighted by molar-refractivity contribution is -0.265. The van der Waals surface area contributed by atoms with Gasteiger partial charge in [0.25, 0.3) is 0 Å². The normalized spacial score (nSPS) is 21.3. The summed E-state index contributed by atoms with van der Waals surface area (Å²) >= 11 is 0. The van der Waals surface area contributed by atoms with Crippen molar-refractivity contribution in [1.82, 2.24) is 5.06 Å². The largest absolute Gasteiger partial charge is 0.297 e. The highest BCUT2D eigenvalue weighted by molar-refractivity contribution is 5.42. The third kappa shape index (κ3) is 1.98. The zero-order valence-electron chi connectivity index (χ0n) is 12.4. The van der Waals surface area contributed by atoms with Crippen molar-refractivity contribution >= 4 is 0 Å². The van der Waals surface area contributed by atoms with Crippen LogP contribution in [0, 0.1) is 5.92 Å². The van der Waals surface area contributed by atoms with Crippen molar-refractivity contribution in [3.63, 3.8) is 0 Å². The molecule has 0 aliphatic carbocycles. The Morgan fingerprint density at radius 3 is 1.83 bits per heavy atom. The molecule has 0 unspecified atom stereocenters. The smallest absolute Gasteiger partial charge is 0.0708 e. The number of rotatable bonds is 3. The van der Waals surface area contributed by atoms with Crippen LogP contribution in [0.1, 0.15) is 52.7 Å². The number of nitrogens with zero attached hydrogens (tertiary/aromatic N) is 1. The molecule has 0 atom stereocenters. The molecule has 0 saturated carbocycles. The highest BCUT2D eigenvalue weighted by atomic mass is 16.7. The third-order valence-corrected chi connectivity index (χ3v) is 3.80. The van der Waals surface area contributed by atoms with Crippen molar-refractivity contribution in [1.29, 1.82) is 0 Å². The van der Waals surface area contributed by atoms with Gasteiger partial charge < -0.3 is 0 Å². The molecular weight excluding hydrogens is 222 g/mol. The first-order valence-corrected chi connectivity index (χ1v) is 6.81. The summed E-state index contributed by atoms with van der Waals surface area (Å²) < 4.78 is 0. The lowest BCUT2D eigenvalue weighted by Crippen LogP contribution is -2.45. The van der Waals surface area contributed by atoms with Gasteiger partial charge in [0, 0.05) is 0 Å². The van der Waals surface area contributed by atoms with E-state index in [1.165, 1.54) is 11.1 Å². The standard InChI is InChI=1S/C16H25NO/c1-12(2)11-18-17-15(3,4)13-9-7-8-10-14(13)16(17,5)6/h7-10,12H,11H2,1-6H3. The molecule has 1 heterocycles. The number of hydrogen-bond acceptors (Lipinski definition) is 2. The number of hydroxylamine groups is 2. The van der Waals surface area contributed by atoms with E-state index in [0.717, 1.165) is 6.61 Å². The van der Waals surface area contributed by atoms with Gasteiger partial charge in [0.15, 0.2) is 0 Å². The summed E-state index contributed by atoms with van der Waals surface area (Å²) in [5, 5.41) is 2.17. The maximum atomic E-state index is 6.11. The predicted octanol–water partition coefficient (Wildman–Crippen LogP) is 4.06. The minimum Gasteiger partial charge on any atom is -0.297 e. The van der Waals surface area contributed by atoms with Crippen LogP contribution < -0.4 is 0 Å². The average molecular weight is 247 g/mol. The number of benzene rings is 1. The first-order valence-electron chi connectivity index (χ1n) is 6.81. The van der Waals surface area contributed by atoms with Gasteiger partial charge in [0.1, 0.15) is 0 Å². The van der Waals surface area contributed by atoms with Crippen LogP contribution >= 0.6 is 0 Å². The van der Waals surface area contributed by atoms with Gasteiger partial charge in [-0.2, -0.15) is 5.06 Å². The Kier molecular flexibility index (Phi) is 3.28. The molecule has 0 aromatic heterocycles. The Labute approximate surface area is 111 Å². The number of fused-ring (bicyclic) bond motifs is 1. The minimum absolute atomic E-state index is 0.0744. The lowest BCUT2D eigenvalue weighted by atomic mass is 9.91. The van der Waals surface area contributed by atoms with Crippen molar-refractivity contribution in [2.45, 2.75) is 52.6 Å². The molecule has 1 aliphatic heterocycles. The summed E-state index contributed by atoms with van der Waals surface area (Å²) in [7, 11) is 0. The molecule has 2 nitrogen and oxygen atoms in total. The van der Waals surface area contributed by atoms with Gasteiger partial charge in [0.2, 0.25) is 0 Å². The Morgan fingerprint density at radius 2 is 1.44 bits per heavy atom. The molecule has 0 N–H and O–H groups in total. The summed E-state index contributed by atoms with van der Waals surface area (Å²) in [6, 6.07) is 8.66. The van der Waals surface area contributed by atoms with Gasteiger partial charge in [-0.15, -0.1) is 0 Å². The molecule has 1 aromatic carbocycles. The molecule has 2 rings (SSSR count). The highest BCUT2D eigenvalue weighted by Crippen LogP contribution is 2.49. The molecular formula is C16H25NO. The van der Waals surface area contributed by atoms with Crippen LogP contribution in [-0.4, -0.2) is 11.7 Å². The second kappa shape index (κ2) is 4.36. The Bertz CT molecular complexity index is 399. The van der Waals surface area contributed by atoms with Gasteiger partial charge in [-0.05, 0) is 44.7 Å². The molecule has 1 aliphatic rings. The fraction of sp³-hybridized carbons (Fsp3) is 0.625. The van der Waals surface area contributed by atoms with Gasteiger partial charge >= 0.3 is 0 Å². The molecule has 0 fully saturated rings. The Balaban J connectivity index is 2.39. The van der Waals surface area contributed by atoms with E-state index in [1.54, 1.807) is 0 Å². The fourth-order valence-electron chi connectivity index (χ4n) is 3.01. The molecule has 0 amide bonds. The van der Waals surface area contributed by atoms with Crippen LogP contribution in [0.2, 0.25) is 0 Å². The first-order chi connectivity index (χ1) is 8.28. The van der Waals surface area contributed by atoms with Crippen molar-refractivity contribution < 1.29 is 4.84 Å². The van der Waals surface area contributed by atoms with Crippen molar-refractivity contribution in [3.05, 3.63) is 35.4 Å². The van der Waals surface area contributed by atoms with E-state index in [2.05, 4.69) is 70.9 Å². The summed E-state index contributed by atoms with van der Waals surface area (Å²) in [6.07, 6.45) is 0. The first kappa shape index (κ1) is 13.6. The molecule has 0 radical (unpaired) electrons. The van der Waals surface area contributed by atoms with Crippen molar-refractivity contribution in [2.75, 3.05) is 6.61 Å². The summed E-state index contributed by atoms with van der Waals surface area (Å²) in [6.45, 7) is 14.1. The van der Waals surface area contributed by atoms with Crippen LogP contribution in [-0.2, 0) is 15.9 Å². The zero-order chi connectivity index (χ0) is 13.6. The topological polar surface area (TPSA) is 12.5 Å². The van der Waals surface area contributed by atoms with Crippen LogP contribution in [0.3, 0.4) is 0 Å². The molecule has 100 valence electrons. The fourth-order valence-corrected chi connectivity index (χ4v) is 3.01. The van der Waals surface area contributed by atoms with Crippen LogP contribution in [0.15, 0.2) is 24.3 Å². The maximum Gasteiger partial charge on any atom is 0.0708 e. The predicted molar refractivity (Wildman–Crippen MR) is 75.1 cm³/mol. The van der Waals surface area contributed by atoms with Gasteiger partial charge in [0.05, 0.1) is 17.7 Å². The van der Waals surface area contributed by atoms with Crippen molar-refractivity contribution in [2.24, 2.45) is 5.92 Å².